The number of nitrogens with zero attached hydrogens (tertiary/aromatic N) is 1. The maximum Gasteiger partial charge on any atom is 0.343 e. The van der Waals surface area contributed by atoms with Gasteiger partial charge < -0.3 is 10.1 Å². The molecule has 0 aliphatic heterocycles. The Balaban J connectivity index is 1.57. The van der Waals surface area contributed by atoms with Gasteiger partial charge >= 0.3 is 5.97 Å². The van der Waals surface area contributed by atoms with Crippen molar-refractivity contribution >= 4 is 57.6 Å². The van der Waals surface area contributed by atoms with E-state index in [0.717, 1.165) is 22.0 Å². The minimum absolute atomic E-state index is 0.298. The minimum atomic E-state index is -0.435. The van der Waals surface area contributed by atoms with Crippen LogP contribution in [0.5, 0.6) is 5.75 Å². The predicted octanol–water partition coefficient (Wildman–Crippen LogP) is 6.34. The number of nitrogens with one attached hydrogen (secondary N) is 2. The summed E-state index contributed by atoms with van der Waals surface area (Å²) >= 11 is 11.3. The van der Waals surface area contributed by atoms with Crippen molar-refractivity contribution in [3.05, 3.63) is 107 Å². The molecule has 5 nitrogen and oxygen atoms in total. The Labute approximate surface area is 202 Å². The molecule has 164 valence electrons. The summed E-state index contributed by atoms with van der Waals surface area (Å²) in [5, 5.41) is 10.1. The zero-order valence-electron chi connectivity index (χ0n) is 17.7. The van der Waals surface area contributed by atoms with Crippen molar-refractivity contribution < 1.29 is 9.53 Å². The number of rotatable bonds is 5. The van der Waals surface area contributed by atoms with E-state index in [-0.39, 0.29) is 0 Å². The van der Waals surface area contributed by atoms with E-state index in [0.29, 0.717) is 27.0 Å². The van der Waals surface area contributed by atoms with Gasteiger partial charge in [-0.25, -0.2) is 4.79 Å². The van der Waals surface area contributed by atoms with Crippen LogP contribution in [0.2, 0.25) is 5.02 Å². The van der Waals surface area contributed by atoms with Crippen molar-refractivity contribution in [2.45, 2.75) is 6.92 Å². The zero-order valence-corrected chi connectivity index (χ0v) is 19.3. The quantitative estimate of drug-likeness (QED) is 0.116. The van der Waals surface area contributed by atoms with Crippen molar-refractivity contribution in [2.75, 3.05) is 5.32 Å². The van der Waals surface area contributed by atoms with Crippen LogP contribution in [0.25, 0.3) is 10.8 Å². The SMILES string of the molecule is Cc1cccc(C(=O)Oc2ccc3ccccc3c2C=NNC(=S)Nc2cccc(Cl)c2)c1. The molecule has 4 rings (SSSR count). The Kier molecular flexibility index (Phi) is 6.98. The molecule has 4 aromatic carbocycles. The Morgan fingerprint density at radius 1 is 1.00 bits per heavy atom. The number of hydrogen-bond donors (Lipinski definition) is 2. The first-order chi connectivity index (χ1) is 16.0. The molecule has 0 aromatic heterocycles. The highest BCUT2D eigenvalue weighted by molar-refractivity contribution is 7.80. The van der Waals surface area contributed by atoms with Gasteiger partial charge in [-0.3, -0.25) is 5.43 Å². The predicted molar refractivity (Wildman–Crippen MR) is 138 cm³/mol. The molecule has 0 aliphatic carbocycles. The molecule has 0 fully saturated rings. The highest BCUT2D eigenvalue weighted by Gasteiger charge is 2.13. The number of anilines is 1. The van der Waals surface area contributed by atoms with E-state index in [4.69, 9.17) is 28.6 Å². The van der Waals surface area contributed by atoms with Crippen LogP contribution < -0.4 is 15.5 Å². The second kappa shape index (κ2) is 10.3. The molecule has 0 radical (unpaired) electrons. The highest BCUT2D eigenvalue weighted by atomic mass is 35.5. The molecule has 0 aliphatic rings. The molecule has 33 heavy (non-hydrogen) atoms. The fraction of sp³-hybridized carbons (Fsp3) is 0.0385. The van der Waals surface area contributed by atoms with E-state index in [1.54, 1.807) is 36.5 Å². The molecule has 0 atom stereocenters. The topological polar surface area (TPSA) is 62.7 Å². The van der Waals surface area contributed by atoms with Crippen LogP contribution in [0.1, 0.15) is 21.5 Å². The van der Waals surface area contributed by atoms with Crippen LogP contribution in [0, 0.1) is 6.92 Å². The normalized spacial score (nSPS) is 10.8. The van der Waals surface area contributed by atoms with Crippen molar-refractivity contribution in [2.24, 2.45) is 5.10 Å². The van der Waals surface area contributed by atoms with Crippen LogP contribution in [0.3, 0.4) is 0 Å². The number of thiocarbonyl (C=S) groups is 1. The molecule has 0 bridgehead atoms. The largest absolute Gasteiger partial charge is 0.422 e. The van der Waals surface area contributed by atoms with Crippen molar-refractivity contribution in [1.29, 1.82) is 0 Å². The molecule has 0 unspecified atom stereocenters. The number of carbonyl (C=O) groups is 1. The Morgan fingerprint density at radius 3 is 2.64 bits per heavy atom. The highest BCUT2D eigenvalue weighted by Crippen LogP contribution is 2.27. The van der Waals surface area contributed by atoms with Gasteiger partial charge in [-0.15, -0.1) is 0 Å². The van der Waals surface area contributed by atoms with Crippen LogP contribution in [0.4, 0.5) is 5.69 Å². The summed E-state index contributed by atoms with van der Waals surface area (Å²) in [6, 6.07) is 25.9. The second-order valence-electron chi connectivity index (χ2n) is 7.29. The summed E-state index contributed by atoms with van der Waals surface area (Å²) < 4.78 is 5.74. The Bertz CT molecular complexity index is 1370. The van der Waals surface area contributed by atoms with Gasteiger partial charge in [0.1, 0.15) is 5.75 Å². The van der Waals surface area contributed by atoms with Crippen LogP contribution >= 0.6 is 23.8 Å². The lowest BCUT2D eigenvalue weighted by Gasteiger charge is -2.11. The number of fused-ring (bicyclic) bond motifs is 1. The van der Waals surface area contributed by atoms with Gasteiger partial charge in [0.25, 0.3) is 0 Å². The number of carbonyl (C=O) groups excluding carboxylic acids is 1. The summed E-state index contributed by atoms with van der Waals surface area (Å²) in [4.78, 5) is 12.7. The number of ether oxygens (including phenoxy) is 1. The van der Waals surface area contributed by atoms with Gasteiger partial charge in [0.05, 0.1) is 11.8 Å². The van der Waals surface area contributed by atoms with Gasteiger partial charge in [0, 0.05) is 16.3 Å². The monoisotopic (exact) mass is 473 g/mol. The molecule has 0 saturated heterocycles. The van der Waals surface area contributed by atoms with Crippen molar-refractivity contribution in [3.63, 3.8) is 0 Å². The van der Waals surface area contributed by atoms with E-state index in [1.807, 2.05) is 61.5 Å². The lowest BCUT2D eigenvalue weighted by atomic mass is 10.0. The van der Waals surface area contributed by atoms with E-state index in [2.05, 4.69) is 15.8 Å². The van der Waals surface area contributed by atoms with Gasteiger partial charge in [-0.1, -0.05) is 65.7 Å². The van der Waals surface area contributed by atoms with Crippen molar-refractivity contribution in [3.8, 4) is 5.75 Å². The number of hydrogen-bond acceptors (Lipinski definition) is 4. The number of esters is 1. The van der Waals surface area contributed by atoms with Gasteiger partial charge in [0.15, 0.2) is 5.11 Å². The smallest absolute Gasteiger partial charge is 0.343 e. The van der Waals surface area contributed by atoms with Crippen LogP contribution in [-0.2, 0) is 0 Å². The fourth-order valence-electron chi connectivity index (χ4n) is 3.31. The average Bonchev–Trinajstić information content (AvgIpc) is 2.80. The number of aryl methyl sites for hydroxylation is 1. The van der Waals surface area contributed by atoms with Gasteiger partial charge in [-0.2, -0.15) is 5.10 Å². The van der Waals surface area contributed by atoms with Crippen LogP contribution in [-0.4, -0.2) is 17.3 Å². The third-order valence-corrected chi connectivity index (χ3v) is 5.26. The van der Waals surface area contributed by atoms with E-state index >= 15 is 0 Å². The maximum absolute atomic E-state index is 12.7. The summed E-state index contributed by atoms with van der Waals surface area (Å²) in [5.41, 5.74) is 5.66. The Morgan fingerprint density at radius 2 is 1.82 bits per heavy atom. The fourth-order valence-corrected chi connectivity index (χ4v) is 3.67. The molecule has 2 N–H and O–H groups in total. The molecule has 0 amide bonds. The molecular formula is C26H20ClN3O2S. The summed E-state index contributed by atoms with van der Waals surface area (Å²) in [5.74, 6) is -0.0331. The molecular weight excluding hydrogens is 454 g/mol. The van der Waals surface area contributed by atoms with Gasteiger partial charge in [-0.05, 0) is 66.3 Å². The Hall–Kier alpha value is -3.74. The first-order valence-corrected chi connectivity index (χ1v) is 10.9. The lowest BCUT2D eigenvalue weighted by molar-refractivity contribution is 0.0734. The minimum Gasteiger partial charge on any atom is -0.422 e. The van der Waals surface area contributed by atoms with E-state index in [9.17, 15) is 4.79 Å². The van der Waals surface area contributed by atoms with E-state index < -0.39 is 5.97 Å². The van der Waals surface area contributed by atoms with Gasteiger partial charge in [0.2, 0.25) is 0 Å². The standard InChI is InChI=1S/C26H20ClN3O2S/c1-17-6-4-8-19(14-17)25(31)32-24-13-12-18-7-2-3-11-22(18)23(24)16-28-30-26(33)29-21-10-5-9-20(27)15-21/h2-16H,1H3,(H2,29,30,33). The molecule has 0 heterocycles. The average molecular weight is 474 g/mol. The first-order valence-electron chi connectivity index (χ1n) is 10.2. The van der Waals surface area contributed by atoms with E-state index in [1.165, 1.54) is 0 Å². The number of halogens is 1. The second-order valence-corrected chi connectivity index (χ2v) is 8.14. The molecule has 4 aromatic rings. The zero-order chi connectivity index (χ0) is 23.2. The molecule has 0 saturated carbocycles. The molecule has 0 spiro atoms. The third-order valence-electron chi connectivity index (χ3n) is 4.83. The van der Waals surface area contributed by atoms with Crippen LogP contribution in [0.15, 0.2) is 90.0 Å². The summed E-state index contributed by atoms with van der Waals surface area (Å²) in [7, 11) is 0. The third kappa shape index (κ3) is 5.74. The number of hydrazone groups is 1. The van der Waals surface area contributed by atoms with Crippen molar-refractivity contribution in [1.82, 2.24) is 5.43 Å². The lowest BCUT2D eigenvalue weighted by Crippen LogP contribution is -2.23. The summed E-state index contributed by atoms with van der Waals surface area (Å²) in [6.07, 6.45) is 1.59. The maximum atomic E-state index is 12.7. The molecule has 7 heteroatoms. The number of benzene rings is 4. The summed E-state index contributed by atoms with van der Waals surface area (Å²) in [6.45, 7) is 1.93. The first kappa shape index (κ1) is 22.5.